The van der Waals surface area contributed by atoms with E-state index >= 15 is 0 Å². The van der Waals surface area contributed by atoms with Crippen molar-refractivity contribution in [3.8, 4) is 0 Å². The molecule has 3 rings (SSSR count). The van der Waals surface area contributed by atoms with Gasteiger partial charge in [0, 0.05) is 25.8 Å². The van der Waals surface area contributed by atoms with E-state index in [0.717, 1.165) is 25.5 Å². The summed E-state index contributed by atoms with van der Waals surface area (Å²) in [6.45, 7) is 2.62. The lowest BCUT2D eigenvalue weighted by molar-refractivity contribution is 0.412. The fraction of sp³-hybridized carbons (Fsp3) is 0.400. The average molecular weight is 221 g/mol. The molecule has 84 valence electrons. The Bertz CT molecular complexity index is 503. The van der Waals surface area contributed by atoms with E-state index in [1.807, 2.05) is 0 Å². The summed E-state index contributed by atoms with van der Waals surface area (Å²) in [5.41, 5.74) is 0.670. The van der Waals surface area contributed by atoms with Crippen molar-refractivity contribution in [1.29, 1.82) is 0 Å². The van der Waals surface area contributed by atoms with Crippen molar-refractivity contribution in [1.82, 2.24) is 25.2 Å². The van der Waals surface area contributed by atoms with Crippen molar-refractivity contribution in [2.75, 3.05) is 19.6 Å². The lowest BCUT2D eigenvalue weighted by atomic mass is 10.2. The van der Waals surface area contributed by atoms with Crippen LogP contribution in [0.3, 0.4) is 0 Å². The van der Waals surface area contributed by atoms with Crippen LogP contribution in [0.2, 0.25) is 0 Å². The molecule has 5 nitrogen and oxygen atoms in total. The predicted octanol–water partition coefficient (Wildman–Crippen LogP) is 0.102. The summed E-state index contributed by atoms with van der Waals surface area (Å²) in [5, 5.41) is 14.7. The molecule has 2 aromatic heterocycles. The molecule has 0 radical (unpaired) electrons. The van der Waals surface area contributed by atoms with Gasteiger partial charge in [0.25, 0.3) is 0 Å². The molecule has 2 aromatic rings. The van der Waals surface area contributed by atoms with E-state index in [-0.39, 0.29) is 11.9 Å². The number of hydrogen-bond donors (Lipinski definition) is 2. The Morgan fingerprint density at radius 2 is 2.25 bits per heavy atom. The highest BCUT2D eigenvalue weighted by molar-refractivity contribution is 5.38. The molecule has 0 saturated carbocycles. The van der Waals surface area contributed by atoms with E-state index in [2.05, 4.69) is 20.8 Å². The average Bonchev–Trinajstić information content (AvgIpc) is 2.73. The third-order valence-electron chi connectivity index (χ3n) is 2.75. The zero-order valence-electron chi connectivity index (χ0n) is 8.65. The summed E-state index contributed by atoms with van der Waals surface area (Å²) < 4.78 is 14.8. The quantitative estimate of drug-likeness (QED) is 0.717. The molecule has 1 fully saturated rings. The van der Waals surface area contributed by atoms with Gasteiger partial charge in [0.15, 0.2) is 11.5 Å². The van der Waals surface area contributed by atoms with Crippen LogP contribution < -0.4 is 10.6 Å². The molecule has 2 N–H and O–H groups in total. The van der Waals surface area contributed by atoms with E-state index in [4.69, 9.17) is 0 Å². The van der Waals surface area contributed by atoms with Gasteiger partial charge in [-0.15, -0.1) is 10.2 Å². The molecule has 0 bridgehead atoms. The lowest BCUT2D eigenvalue weighted by Gasteiger charge is -2.22. The van der Waals surface area contributed by atoms with Gasteiger partial charge in [-0.25, -0.2) is 4.39 Å². The van der Waals surface area contributed by atoms with Crippen molar-refractivity contribution in [3.63, 3.8) is 0 Å². The first-order valence-electron chi connectivity index (χ1n) is 5.29. The van der Waals surface area contributed by atoms with E-state index in [9.17, 15) is 4.39 Å². The smallest absolute Gasteiger partial charge is 0.160 e. The van der Waals surface area contributed by atoms with Crippen molar-refractivity contribution >= 4 is 5.65 Å². The van der Waals surface area contributed by atoms with Crippen LogP contribution in [-0.2, 0) is 0 Å². The number of nitrogens with one attached hydrogen (secondary N) is 2. The number of rotatable bonds is 1. The number of aromatic nitrogens is 3. The Kier molecular flexibility index (Phi) is 2.30. The van der Waals surface area contributed by atoms with Crippen molar-refractivity contribution in [2.45, 2.75) is 6.04 Å². The van der Waals surface area contributed by atoms with Gasteiger partial charge in [0.1, 0.15) is 5.82 Å². The molecule has 0 aliphatic carbocycles. The minimum atomic E-state index is -0.280. The first-order valence-corrected chi connectivity index (χ1v) is 5.29. The van der Waals surface area contributed by atoms with Gasteiger partial charge in [-0.3, -0.25) is 4.40 Å². The van der Waals surface area contributed by atoms with E-state index in [0.29, 0.717) is 5.65 Å². The van der Waals surface area contributed by atoms with Gasteiger partial charge in [-0.05, 0) is 12.1 Å². The third-order valence-corrected chi connectivity index (χ3v) is 2.75. The molecular formula is C10H12FN5. The SMILES string of the molecule is Fc1ccc2nnc(C3CNCCN3)n2c1. The number of hydrogen-bond acceptors (Lipinski definition) is 4. The Balaban J connectivity index is 2.05. The summed E-state index contributed by atoms with van der Waals surface area (Å²) in [4.78, 5) is 0. The second kappa shape index (κ2) is 3.80. The predicted molar refractivity (Wildman–Crippen MR) is 56.6 cm³/mol. The van der Waals surface area contributed by atoms with E-state index in [1.165, 1.54) is 12.3 Å². The van der Waals surface area contributed by atoms with Gasteiger partial charge in [0.05, 0.1) is 6.04 Å². The Morgan fingerprint density at radius 3 is 3.06 bits per heavy atom. The first-order chi connectivity index (χ1) is 7.84. The van der Waals surface area contributed by atoms with Crippen LogP contribution in [0.15, 0.2) is 18.3 Å². The minimum Gasteiger partial charge on any atom is -0.313 e. The maximum Gasteiger partial charge on any atom is 0.160 e. The topological polar surface area (TPSA) is 54.2 Å². The van der Waals surface area contributed by atoms with Crippen LogP contribution >= 0.6 is 0 Å². The Morgan fingerprint density at radius 1 is 1.31 bits per heavy atom. The molecular weight excluding hydrogens is 209 g/mol. The van der Waals surface area contributed by atoms with Crippen LogP contribution in [0.1, 0.15) is 11.9 Å². The molecule has 0 aromatic carbocycles. The number of fused-ring (bicyclic) bond motifs is 1. The van der Waals surface area contributed by atoms with Crippen LogP contribution in [0.25, 0.3) is 5.65 Å². The van der Waals surface area contributed by atoms with Crippen molar-refractivity contribution in [3.05, 3.63) is 30.0 Å². The monoisotopic (exact) mass is 221 g/mol. The van der Waals surface area contributed by atoms with Crippen molar-refractivity contribution in [2.24, 2.45) is 0 Å². The van der Waals surface area contributed by atoms with Crippen LogP contribution in [0.5, 0.6) is 0 Å². The second-order valence-corrected chi connectivity index (χ2v) is 3.84. The fourth-order valence-electron chi connectivity index (χ4n) is 1.96. The minimum absolute atomic E-state index is 0.0885. The highest BCUT2D eigenvalue weighted by Crippen LogP contribution is 2.13. The molecule has 1 aliphatic heterocycles. The van der Waals surface area contributed by atoms with Gasteiger partial charge in [-0.1, -0.05) is 0 Å². The van der Waals surface area contributed by atoms with E-state index < -0.39 is 0 Å². The molecule has 1 aliphatic rings. The largest absolute Gasteiger partial charge is 0.313 e. The normalized spacial score (nSPS) is 21.4. The summed E-state index contributed by atoms with van der Waals surface area (Å²) in [7, 11) is 0. The first kappa shape index (κ1) is 9.68. The molecule has 1 unspecified atom stereocenters. The number of nitrogens with zero attached hydrogens (tertiary/aromatic N) is 3. The van der Waals surface area contributed by atoms with Gasteiger partial charge in [0.2, 0.25) is 0 Å². The van der Waals surface area contributed by atoms with Crippen LogP contribution in [0, 0.1) is 5.82 Å². The molecule has 1 saturated heterocycles. The lowest BCUT2D eigenvalue weighted by Crippen LogP contribution is -2.43. The Hall–Kier alpha value is -1.53. The van der Waals surface area contributed by atoms with Crippen LogP contribution in [0.4, 0.5) is 4.39 Å². The summed E-state index contributed by atoms with van der Waals surface area (Å²) in [6, 6.07) is 3.10. The van der Waals surface area contributed by atoms with Gasteiger partial charge in [-0.2, -0.15) is 0 Å². The second-order valence-electron chi connectivity index (χ2n) is 3.84. The molecule has 6 heteroatoms. The molecule has 3 heterocycles. The maximum absolute atomic E-state index is 13.1. The summed E-state index contributed by atoms with van der Waals surface area (Å²) >= 11 is 0. The summed E-state index contributed by atoms with van der Waals surface area (Å²) in [6.07, 6.45) is 1.42. The van der Waals surface area contributed by atoms with Gasteiger partial charge < -0.3 is 10.6 Å². The molecule has 1 atom stereocenters. The number of piperazine rings is 1. The molecule has 16 heavy (non-hydrogen) atoms. The summed E-state index contributed by atoms with van der Waals surface area (Å²) in [5.74, 6) is 0.471. The zero-order valence-corrected chi connectivity index (χ0v) is 8.65. The maximum atomic E-state index is 13.1. The highest BCUT2D eigenvalue weighted by atomic mass is 19.1. The van der Waals surface area contributed by atoms with Crippen molar-refractivity contribution < 1.29 is 4.39 Å². The molecule has 0 amide bonds. The van der Waals surface area contributed by atoms with E-state index in [1.54, 1.807) is 10.5 Å². The molecule has 0 spiro atoms. The van der Waals surface area contributed by atoms with Crippen LogP contribution in [-0.4, -0.2) is 34.2 Å². The van der Waals surface area contributed by atoms with Gasteiger partial charge >= 0.3 is 0 Å². The highest BCUT2D eigenvalue weighted by Gasteiger charge is 2.19. The third kappa shape index (κ3) is 1.56. The number of pyridine rings is 1. The Labute approximate surface area is 91.7 Å². The fourth-order valence-corrected chi connectivity index (χ4v) is 1.96. The zero-order chi connectivity index (χ0) is 11.0. The standard InChI is InChI=1S/C10H12FN5/c11-7-1-2-9-14-15-10(16(9)6-7)8-5-12-3-4-13-8/h1-2,6,8,12-13H,3-5H2. The number of halogens is 1.